The van der Waals surface area contributed by atoms with E-state index in [-0.39, 0.29) is 5.95 Å². The zero-order valence-corrected chi connectivity index (χ0v) is 17.2. The van der Waals surface area contributed by atoms with Gasteiger partial charge in [-0.15, -0.1) is 0 Å². The number of para-hydroxylation sites is 1. The first kappa shape index (κ1) is 20.4. The highest BCUT2D eigenvalue weighted by molar-refractivity contribution is 6.27. The Morgan fingerprint density at radius 1 is 0.935 bits per heavy atom. The smallest absolute Gasteiger partial charge is 0.251 e. The van der Waals surface area contributed by atoms with Crippen LogP contribution >= 0.6 is 11.6 Å². The molecule has 1 aromatic heterocycles. The van der Waals surface area contributed by atoms with Gasteiger partial charge in [0, 0.05) is 22.7 Å². The first-order valence-corrected chi connectivity index (χ1v) is 10.0. The van der Waals surface area contributed by atoms with Gasteiger partial charge >= 0.3 is 0 Å². The summed E-state index contributed by atoms with van der Waals surface area (Å²) in [6.07, 6.45) is 1.20. The van der Waals surface area contributed by atoms with Crippen LogP contribution in [-0.4, -0.2) is 15.9 Å². The second-order valence-corrected chi connectivity index (χ2v) is 6.87. The molecule has 31 heavy (non-hydrogen) atoms. The summed E-state index contributed by atoms with van der Waals surface area (Å²) in [4.78, 5) is 20.7. The summed E-state index contributed by atoms with van der Waals surface area (Å²) in [6.45, 7) is 0.504. The minimum absolute atomic E-state index is 0.184. The Balaban J connectivity index is 1.52. The van der Waals surface area contributed by atoms with Crippen LogP contribution < -0.4 is 15.4 Å². The Hall–Kier alpha value is -3.90. The van der Waals surface area contributed by atoms with Crippen molar-refractivity contribution < 1.29 is 9.53 Å². The van der Waals surface area contributed by atoms with Gasteiger partial charge in [0.05, 0.1) is 5.52 Å². The first-order valence-electron chi connectivity index (χ1n) is 9.59. The number of ether oxygens (including phenoxy) is 1. The number of halogens is 1. The summed E-state index contributed by atoms with van der Waals surface area (Å²) in [5.74, 6) is 1.12. The van der Waals surface area contributed by atoms with Crippen molar-refractivity contribution in [3.63, 3.8) is 0 Å². The number of benzene rings is 3. The fraction of sp³-hybridized carbons (Fsp3) is 0.0417. The van der Waals surface area contributed by atoms with Gasteiger partial charge < -0.3 is 10.1 Å². The molecule has 7 heteroatoms. The van der Waals surface area contributed by atoms with Gasteiger partial charge in [-0.25, -0.2) is 4.98 Å². The summed E-state index contributed by atoms with van der Waals surface area (Å²) in [5.41, 5.74) is 3.77. The molecule has 6 nitrogen and oxygen atoms in total. The second kappa shape index (κ2) is 9.73. The topological polar surface area (TPSA) is 76.1 Å². The van der Waals surface area contributed by atoms with Crippen molar-refractivity contribution in [2.24, 2.45) is 0 Å². The number of nitrogens with one attached hydrogen (secondary N) is 2. The van der Waals surface area contributed by atoms with E-state index in [4.69, 9.17) is 16.3 Å². The van der Waals surface area contributed by atoms with Crippen LogP contribution in [0, 0.1) is 0 Å². The number of hydrogen-bond donors (Lipinski definition) is 2. The van der Waals surface area contributed by atoms with E-state index in [2.05, 4.69) is 20.6 Å². The van der Waals surface area contributed by atoms with Gasteiger partial charge in [0.15, 0.2) is 0 Å². The number of amides is 1. The number of carbonyl (C=O) groups excluding carboxylic acids is 1. The van der Waals surface area contributed by atoms with E-state index in [9.17, 15) is 4.79 Å². The van der Waals surface area contributed by atoms with Crippen LogP contribution in [0.4, 0.5) is 17.5 Å². The van der Waals surface area contributed by atoms with E-state index >= 15 is 0 Å². The lowest BCUT2D eigenvalue weighted by atomic mass is 10.2. The number of rotatable bonds is 7. The van der Waals surface area contributed by atoms with E-state index in [1.165, 1.54) is 6.08 Å². The molecule has 0 radical (unpaired) electrons. The highest BCUT2D eigenvalue weighted by Crippen LogP contribution is 2.26. The van der Waals surface area contributed by atoms with Gasteiger partial charge in [0.2, 0.25) is 5.95 Å². The SMILES string of the molecule is O=C(C=CCl)Nc1nc(Nc2ccc(OCc3ccccc3)cc2)c2ccccc2n1. The van der Waals surface area contributed by atoms with Crippen molar-refractivity contribution >= 4 is 45.9 Å². The lowest BCUT2D eigenvalue weighted by Gasteiger charge is -2.12. The Bertz CT molecular complexity index is 1210. The molecule has 1 amide bonds. The molecule has 0 aliphatic rings. The van der Waals surface area contributed by atoms with Crippen molar-refractivity contribution in [3.8, 4) is 5.75 Å². The molecule has 2 N–H and O–H groups in total. The lowest BCUT2D eigenvalue weighted by Crippen LogP contribution is -2.11. The molecule has 4 rings (SSSR count). The molecule has 0 unspecified atom stereocenters. The summed E-state index contributed by atoms with van der Waals surface area (Å²) >= 11 is 5.46. The molecule has 3 aromatic carbocycles. The van der Waals surface area contributed by atoms with Crippen LogP contribution in [0.3, 0.4) is 0 Å². The lowest BCUT2D eigenvalue weighted by molar-refractivity contribution is -0.111. The molecule has 0 saturated heterocycles. The Morgan fingerprint density at radius 3 is 2.45 bits per heavy atom. The number of nitrogens with zero attached hydrogens (tertiary/aromatic N) is 2. The van der Waals surface area contributed by atoms with Crippen molar-refractivity contribution in [2.45, 2.75) is 6.61 Å². The Morgan fingerprint density at radius 2 is 1.68 bits per heavy atom. The standard InChI is InChI=1S/C24H19ClN4O2/c25-15-14-22(30)28-24-27-21-9-5-4-8-20(21)23(29-24)26-18-10-12-19(13-11-18)31-16-17-6-2-1-3-7-17/h1-15H,16H2,(H2,26,27,28,29,30). The molecule has 1 heterocycles. The third-order valence-electron chi connectivity index (χ3n) is 4.42. The zero-order chi connectivity index (χ0) is 21.5. The van der Waals surface area contributed by atoms with Crippen LogP contribution in [0.15, 0.2) is 90.5 Å². The molecule has 4 aromatic rings. The quantitative estimate of drug-likeness (QED) is 0.371. The van der Waals surface area contributed by atoms with Crippen LogP contribution in [0.5, 0.6) is 5.75 Å². The molecule has 0 atom stereocenters. The fourth-order valence-electron chi connectivity index (χ4n) is 2.95. The van der Waals surface area contributed by atoms with Crippen molar-refractivity contribution in [1.29, 1.82) is 0 Å². The monoisotopic (exact) mass is 430 g/mol. The van der Waals surface area contributed by atoms with E-state index in [0.29, 0.717) is 17.9 Å². The number of hydrogen-bond acceptors (Lipinski definition) is 5. The average molecular weight is 431 g/mol. The number of fused-ring (bicyclic) bond motifs is 1. The number of anilines is 3. The summed E-state index contributed by atoms with van der Waals surface area (Å²) in [6, 6.07) is 25.2. The van der Waals surface area contributed by atoms with Gasteiger partial charge in [0.25, 0.3) is 5.91 Å². The number of aromatic nitrogens is 2. The average Bonchev–Trinajstić information content (AvgIpc) is 2.79. The van der Waals surface area contributed by atoms with Crippen LogP contribution in [0.2, 0.25) is 0 Å². The predicted molar refractivity (Wildman–Crippen MR) is 124 cm³/mol. The molecular formula is C24H19ClN4O2. The molecule has 0 fully saturated rings. The molecule has 154 valence electrons. The highest BCUT2D eigenvalue weighted by atomic mass is 35.5. The van der Waals surface area contributed by atoms with Crippen LogP contribution in [-0.2, 0) is 11.4 Å². The maximum absolute atomic E-state index is 11.8. The highest BCUT2D eigenvalue weighted by Gasteiger charge is 2.09. The summed E-state index contributed by atoms with van der Waals surface area (Å²) < 4.78 is 5.84. The van der Waals surface area contributed by atoms with Crippen molar-refractivity contribution in [2.75, 3.05) is 10.6 Å². The van der Waals surface area contributed by atoms with E-state index < -0.39 is 5.91 Å². The zero-order valence-electron chi connectivity index (χ0n) is 16.5. The maximum atomic E-state index is 11.8. The van der Waals surface area contributed by atoms with E-state index in [1.807, 2.05) is 78.9 Å². The second-order valence-electron chi connectivity index (χ2n) is 6.62. The Labute approximate surface area is 184 Å². The maximum Gasteiger partial charge on any atom is 0.251 e. The largest absolute Gasteiger partial charge is 0.489 e. The molecule has 0 aliphatic heterocycles. The van der Waals surface area contributed by atoms with Gasteiger partial charge in [-0.3, -0.25) is 10.1 Å². The molecule has 0 bridgehead atoms. The molecular weight excluding hydrogens is 412 g/mol. The molecule has 0 aliphatic carbocycles. The molecule has 0 spiro atoms. The minimum atomic E-state index is -0.406. The predicted octanol–water partition coefficient (Wildman–Crippen LogP) is 5.64. The molecule has 0 saturated carbocycles. The van der Waals surface area contributed by atoms with Crippen LogP contribution in [0.25, 0.3) is 10.9 Å². The van der Waals surface area contributed by atoms with Crippen molar-refractivity contribution in [3.05, 3.63) is 96.0 Å². The van der Waals surface area contributed by atoms with Gasteiger partial charge in [0.1, 0.15) is 18.2 Å². The third-order valence-corrected chi connectivity index (χ3v) is 4.54. The normalized spacial score (nSPS) is 10.9. The van der Waals surface area contributed by atoms with Crippen molar-refractivity contribution in [1.82, 2.24) is 9.97 Å². The van der Waals surface area contributed by atoms with Gasteiger partial charge in [-0.1, -0.05) is 54.1 Å². The summed E-state index contributed by atoms with van der Waals surface area (Å²) in [5, 5.41) is 6.73. The fourth-order valence-corrected chi connectivity index (χ4v) is 3.06. The minimum Gasteiger partial charge on any atom is -0.489 e. The van der Waals surface area contributed by atoms with Gasteiger partial charge in [-0.05, 0) is 42.0 Å². The van der Waals surface area contributed by atoms with E-state index in [0.717, 1.165) is 27.9 Å². The van der Waals surface area contributed by atoms with E-state index in [1.54, 1.807) is 0 Å². The summed E-state index contributed by atoms with van der Waals surface area (Å²) in [7, 11) is 0. The number of carbonyl (C=O) groups is 1. The van der Waals surface area contributed by atoms with Gasteiger partial charge in [-0.2, -0.15) is 4.98 Å². The first-order chi connectivity index (χ1) is 15.2. The Kier molecular flexibility index (Phi) is 6.40. The van der Waals surface area contributed by atoms with Crippen LogP contribution in [0.1, 0.15) is 5.56 Å². The third kappa shape index (κ3) is 5.38.